The van der Waals surface area contributed by atoms with E-state index in [1.807, 2.05) is 0 Å². The fourth-order valence-electron chi connectivity index (χ4n) is 4.26. The highest BCUT2D eigenvalue weighted by molar-refractivity contribution is 5.76. The van der Waals surface area contributed by atoms with Crippen LogP contribution in [0.15, 0.2) is 30.4 Å². The number of fused-ring (bicyclic) bond motifs is 1. The third-order valence-electron chi connectivity index (χ3n) is 6.68. The van der Waals surface area contributed by atoms with Crippen LogP contribution in [-0.4, -0.2) is 36.4 Å². The van der Waals surface area contributed by atoms with Crippen molar-refractivity contribution in [3.05, 3.63) is 35.9 Å². The summed E-state index contributed by atoms with van der Waals surface area (Å²) in [5.41, 5.74) is 1.43. The van der Waals surface area contributed by atoms with Crippen LogP contribution in [0.1, 0.15) is 96.1 Å². The van der Waals surface area contributed by atoms with Crippen LogP contribution in [0.5, 0.6) is 11.5 Å². The lowest BCUT2D eigenvalue weighted by Crippen LogP contribution is -2.39. The Bertz CT molecular complexity index is 828. The number of carbonyl (C=O) groups is 1. The molecule has 5 nitrogen and oxygen atoms in total. The molecular weight excluding hydrogens is 471 g/mol. The summed E-state index contributed by atoms with van der Waals surface area (Å²) in [6, 6.07) is 4.69. The van der Waals surface area contributed by atoms with E-state index in [0.717, 1.165) is 37.7 Å². The minimum absolute atomic E-state index is 0.0561. The number of amides is 1. The Morgan fingerprint density at radius 1 is 1.03 bits per heavy atom. The molecule has 0 spiro atoms. The summed E-state index contributed by atoms with van der Waals surface area (Å²) >= 11 is 0. The van der Waals surface area contributed by atoms with E-state index < -0.39 is 24.2 Å². The number of alkyl halides is 3. The summed E-state index contributed by atoms with van der Waals surface area (Å²) in [7, 11) is 0. The molecule has 0 radical (unpaired) electrons. The Morgan fingerprint density at radius 3 is 2.42 bits per heavy atom. The molecule has 0 saturated heterocycles. The van der Waals surface area contributed by atoms with Gasteiger partial charge >= 0.3 is 6.18 Å². The highest BCUT2D eigenvalue weighted by Gasteiger charge is 2.35. The Balaban J connectivity index is 1.96. The third-order valence-corrected chi connectivity index (χ3v) is 6.68. The third kappa shape index (κ3) is 10.4. The second-order valence-corrected chi connectivity index (χ2v) is 9.81. The fraction of sp³-hybridized carbons (Fsp3) is 0.679. The number of benzene rings is 1. The molecule has 1 aromatic carbocycles. The Morgan fingerprint density at radius 2 is 1.72 bits per heavy atom. The van der Waals surface area contributed by atoms with Crippen LogP contribution in [0.2, 0.25) is 0 Å². The van der Waals surface area contributed by atoms with E-state index in [4.69, 9.17) is 9.47 Å². The first kappa shape index (κ1) is 30.0. The van der Waals surface area contributed by atoms with Crippen molar-refractivity contribution in [1.82, 2.24) is 5.32 Å². The van der Waals surface area contributed by atoms with Gasteiger partial charge in [0.05, 0.1) is 18.1 Å². The van der Waals surface area contributed by atoms with Crippen LogP contribution >= 0.6 is 0 Å². The van der Waals surface area contributed by atoms with Gasteiger partial charge in [0, 0.05) is 6.42 Å². The molecule has 36 heavy (non-hydrogen) atoms. The molecule has 0 aliphatic carbocycles. The van der Waals surface area contributed by atoms with Crippen molar-refractivity contribution in [1.29, 1.82) is 0 Å². The highest BCUT2D eigenvalue weighted by Crippen LogP contribution is 2.34. The SMILES string of the molecule is C=C(CCC[C@@H](C)C(F)(F)F)CC[C@@H](NC(=O)CCCCCCC)[C@H](O)c1ccc2c(c1)OCCO2. The Hall–Kier alpha value is -2.22. The summed E-state index contributed by atoms with van der Waals surface area (Å²) in [6.45, 7) is 8.25. The number of aliphatic hydroxyl groups is 1. The number of rotatable bonds is 16. The van der Waals surface area contributed by atoms with Gasteiger partial charge in [-0.15, -0.1) is 0 Å². The van der Waals surface area contributed by atoms with E-state index in [0.29, 0.717) is 62.4 Å². The molecule has 0 bridgehead atoms. The molecule has 2 rings (SSSR count). The van der Waals surface area contributed by atoms with Gasteiger partial charge in [0.2, 0.25) is 5.91 Å². The molecule has 1 aromatic rings. The average Bonchev–Trinajstić information content (AvgIpc) is 2.85. The van der Waals surface area contributed by atoms with E-state index in [1.165, 1.54) is 6.92 Å². The monoisotopic (exact) mass is 513 g/mol. The van der Waals surface area contributed by atoms with Gasteiger partial charge in [-0.05, 0) is 56.2 Å². The molecule has 1 aliphatic rings. The molecular formula is C28H42F3NO4. The van der Waals surface area contributed by atoms with Crippen LogP contribution in [0.4, 0.5) is 13.2 Å². The standard InChI is InChI=1S/C28H42F3NO4/c1-4-5-6-7-8-12-26(33)32-23(15-13-20(2)10-9-11-21(3)28(29,30)31)27(34)22-14-16-24-25(19-22)36-18-17-35-24/h14,16,19,21,23,27,34H,2,4-13,15,17-18H2,1,3H3,(H,32,33)/t21-,23-,27-/m1/s1. The molecule has 1 heterocycles. The molecule has 0 aromatic heterocycles. The summed E-state index contributed by atoms with van der Waals surface area (Å²) in [6.07, 6.45) is 2.29. The van der Waals surface area contributed by atoms with Gasteiger partial charge in [-0.1, -0.05) is 57.7 Å². The normalized spacial score (nSPS) is 15.7. The van der Waals surface area contributed by atoms with Gasteiger partial charge in [-0.2, -0.15) is 13.2 Å². The number of unbranched alkanes of at least 4 members (excludes halogenated alkanes) is 4. The zero-order valence-corrected chi connectivity index (χ0v) is 21.7. The van der Waals surface area contributed by atoms with Crippen LogP contribution in [-0.2, 0) is 4.79 Å². The highest BCUT2D eigenvalue weighted by atomic mass is 19.4. The maximum Gasteiger partial charge on any atom is 0.391 e. The van der Waals surface area contributed by atoms with Gasteiger partial charge < -0.3 is 19.9 Å². The van der Waals surface area contributed by atoms with Crippen LogP contribution in [0, 0.1) is 5.92 Å². The molecule has 2 N–H and O–H groups in total. The molecule has 1 amide bonds. The first-order chi connectivity index (χ1) is 17.1. The second-order valence-electron chi connectivity index (χ2n) is 9.81. The van der Waals surface area contributed by atoms with Gasteiger partial charge in [0.25, 0.3) is 0 Å². The van der Waals surface area contributed by atoms with Crippen molar-refractivity contribution >= 4 is 5.91 Å². The minimum atomic E-state index is -4.18. The predicted octanol–water partition coefficient (Wildman–Crippen LogP) is 7.04. The molecule has 1 aliphatic heterocycles. The van der Waals surface area contributed by atoms with Crippen molar-refractivity contribution in [2.45, 2.75) is 103 Å². The van der Waals surface area contributed by atoms with Gasteiger partial charge in [-0.3, -0.25) is 4.79 Å². The number of aliphatic hydroxyl groups excluding tert-OH is 1. The average molecular weight is 514 g/mol. The second kappa shape index (κ2) is 15.1. The van der Waals surface area contributed by atoms with E-state index in [1.54, 1.807) is 18.2 Å². The maximum atomic E-state index is 12.7. The van der Waals surface area contributed by atoms with E-state index in [9.17, 15) is 23.1 Å². The summed E-state index contributed by atoms with van der Waals surface area (Å²) in [5, 5.41) is 14.1. The van der Waals surface area contributed by atoms with Gasteiger partial charge in [0.15, 0.2) is 11.5 Å². The number of nitrogens with one attached hydrogen (secondary N) is 1. The van der Waals surface area contributed by atoms with Crippen LogP contribution < -0.4 is 14.8 Å². The molecule has 0 unspecified atom stereocenters. The van der Waals surface area contributed by atoms with Gasteiger partial charge in [0.1, 0.15) is 13.2 Å². The smallest absolute Gasteiger partial charge is 0.391 e. The number of ether oxygens (including phenoxy) is 2. The number of allylic oxidation sites excluding steroid dienone is 1. The number of halogens is 3. The largest absolute Gasteiger partial charge is 0.486 e. The summed E-state index contributed by atoms with van der Waals surface area (Å²) in [4.78, 5) is 12.6. The van der Waals surface area contributed by atoms with Crippen molar-refractivity contribution < 1.29 is 32.5 Å². The quantitative estimate of drug-likeness (QED) is 0.184. The molecule has 3 atom stereocenters. The van der Waals surface area contributed by atoms with E-state index in [2.05, 4.69) is 18.8 Å². The topological polar surface area (TPSA) is 67.8 Å². The Labute approximate surface area is 213 Å². The molecule has 204 valence electrons. The van der Waals surface area contributed by atoms with Crippen LogP contribution in [0.3, 0.4) is 0 Å². The van der Waals surface area contributed by atoms with Crippen LogP contribution in [0.25, 0.3) is 0 Å². The zero-order chi connectivity index (χ0) is 26.6. The molecule has 0 saturated carbocycles. The number of hydrogen-bond donors (Lipinski definition) is 2. The maximum absolute atomic E-state index is 12.7. The van der Waals surface area contributed by atoms with E-state index >= 15 is 0 Å². The lowest BCUT2D eigenvalue weighted by molar-refractivity contribution is -0.171. The van der Waals surface area contributed by atoms with Crippen molar-refractivity contribution in [3.8, 4) is 11.5 Å². The molecule has 8 heteroatoms. The predicted molar refractivity (Wildman–Crippen MR) is 135 cm³/mol. The zero-order valence-electron chi connectivity index (χ0n) is 21.7. The van der Waals surface area contributed by atoms with Crippen molar-refractivity contribution in [2.24, 2.45) is 5.92 Å². The minimum Gasteiger partial charge on any atom is -0.486 e. The lowest BCUT2D eigenvalue weighted by atomic mass is 9.93. The fourth-order valence-corrected chi connectivity index (χ4v) is 4.26. The summed E-state index contributed by atoms with van der Waals surface area (Å²) < 4.78 is 49.4. The summed E-state index contributed by atoms with van der Waals surface area (Å²) in [5.74, 6) is -0.280. The van der Waals surface area contributed by atoms with Crippen molar-refractivity contribution in [3.63, 3.8) is 0 Å². The number of carbonyl (C=O) groups excluding carboxylic acids is 1. The molecule has 0 fully saturated rings. The van der Waals surface area contributed by atoms with Gasteiger partial charge in [-0.25, -0.2) is 0 Å². The lowest BCUT2D eigenvalue weighted by Gasteiger charge is -2.26. The Kier molecular flexibility index (Phi) is 12.6. The number of hydrogen-bond acceptors (Lipinski definition) is 4. The van der Waals surface area contributed by atoms with Crippen molar-refractivity contribution in [2.75, 3.05) is 13.2 Å². The first-order valence-electron chi connectivity index (χ1n) is 13.2. The van der Waals surface area contributed by atoms with E-state index in [-0.39, 0.29) is 12.3 Å². The first-order valence-corrected chi connectivity index (χ1v) is 13.2.